The Bertz CT molecular complexity index is 1210. The SMILES string of the molecule is CCCCCCCCCCc1c(CCCCCCCCCC)c(CCCCCCCCCC)c(OC(OCCOCCOCC)C(=O)O)c(CCCCCCCCCC)c1CCCCCCCCCC. The Kier molecular flexibility index (Phi) is 48.3. The van der Waals surface area contributed by atoms with Crippen LogP contribution in [-0.4, -0.2) is 50.4 Å². The minimum atomic E-state index is -1.38. The predicted molar refractivity (Wildman–Crippen MR) is 303 cm³/mol. The highest BCUT2D eigenvalue weighted by Crippen LogP contribution is 2.41. The standard InChI is InChI=1S/C64H120O6/c1-7-13-18-23-28-33-38-43-48-57-58(49-44-39-34-29-24-19-14-8-2)60(51-46-41-36-31-26-21-16-10-4)62(70-64(63(65)66)69-56-55-68-54-53-67-12-6)61(52-47-42-37-32-27-22-17-11-5)59(57)50-45-40-35-30-25-20-15-9-3/h64H,7-56H2,1-6H3,(H,65,66). The number of hydrogen-bond acceptors (Lipinski definition) is 5. The van der Waals surface area contributed by atoms with Crippen molar-refractivity contribution in [3.63, 3.8) is 0 Å². The van der Waals surface area contributed by atoms with Gasteiger partial charge in [-0.05, 0) is 98.9 Å². The third-order valence-electron chi connectivity index (χ3n) is 14.9. The van der Waals surface area contributed by atoms with Gasteiger partial charge in [-0.3, -0.25) is 0 Å². The van der Waals surface area contributed by atoms with E-state index in [1.54, 1.807) is 5.56 Å². The Morgan fingerprint density at radius 1 is 0.329 bits per heavy atom. The van der Waals surface area contributed by atoms with Gasteiger partial charge in [0.15, 0.2) is 0 Å². The summed E-state index contributed by atoms with van der Waals surface area (Å²) in [6.45, 7) is 15.6. The Morgan fingerprint density at radius 2 is 0.571 bits per heavy atom. The largest absolute Gasteiger partial charge is 0.477 e. The van der Waals surface area contributed by atoms with Crippen molar-refractivity contribution >= 4 is 5.97 Å². The molecule has 0 amide bonds. The van der Waals surface area contributed by atoms with Crippen LogP contribution in [0.1, 0.15) is 326 Å². The van der Waals surface area contributed by atoms with Crippen molar-refractivity contribution in [1.82, 2.24) is 0 Å². The molecule has 6 nitrogen and oxygen atoms in total. The number of benzene rings is 1. The van der Waals surface area contributed by atoms with Crippen molar-refractivity contribution in [1.29, 1.82) is 0 Å². The monoisotopic (exact) mass is 985 g/mol. The van der Waals surface area contributed by atoms with Crippen LogP contribution in [0.5, 0.6) is 5.75 Å². The molecule has 0 saturated heterocycles. The summed E-state index contributed by atoms with van der Waals surface area (Å²) in [5.74, 6) is -0.165. The average molecular weight is 986 g/mol. The molecule has 0 heterocycles. The Balaban J connectivity index is 3.93. The van der Waals surface area contributed by atoms with Crippen LogP contribution in [0.15, 0.2) is 0 Å². The highest BCUT2D eigenvalue weighted by atomic mass is 16.7. The molecular formula is C64H120O6. The molecule has 70 heavy (non-hydrogen) atoms. The Morgan fingerprint density at radius 3 is 0.857 bits per heavy atom. The summed E-state index contributed by atoms with van der Waals surface area (Å²) in [6.07, 6.45) is 55.7. The summed E-state index contributed by atoms with van der Waals surface area (Å²) in [5.41, 5.74) is 7.37. The number of carboxylic acid groups (broad SMARTS) is 1. The first kappa shape index (κ1) is 66.4. The second-order valence-electron chi connectivity index (χ2n) is 21.3. The molecule has 0 radical (unpaired) electrons. The molecule has 6 heteroatoms. The number of unbranched alkanes of at least 4 members (excludes halogenated alkanes) is 35. The van der Waals surface area contributed by atoms with Crippen LogP contribution in [-0.2, 0) is 51.1 Å². The van der Waals surface area contributed by atoms with E-state index >= 15 is 0 Å². The second-order valence-corrected chi connectivity index (χ2v) is 21.3. The summed E-state index contributed by atoms with van der Waals surface area (Å²) in [5, 5.41) is 10.8. The predicted octanol–water partition coefficient (Wildman–Crippen LogP) is 20.0. The van der Waals surface area contributed by atoms with E-state index in [9.17, 15) is 9.90 Å². The maximum atomic E-state index is 13.2. The first-order valence-electron chi connectivity index (χ1n) is 31.3. The number of hydrogen-bond donors (Lipinski definition) is 1. The van der Waals surface area contributed by atoms with Gasteiger partial charge in [-0.25, -0.2) is 4.79 Å². The molecule has 1 N–H and O–H groups in total. The molecule has 1 aromatic rings. The summed E-state index contributed by atoms with van der Waals surface area (Å²) in [7, 11) is 0. The van der Waals surface area contributed by atoms with Crippen molar-refractivity contribution in [3.05, 3.63) is 27.8 Å². The molecule has 0 spiro atoms. The molecule has 0 aliphatic rings. The second kappa shape index (κ2) is 50.9. The minimum Gasteiger partial charge on any atom is -0.477 e. The van der Waals surface area contributed by atoms with E-state index in [0.717, 1.165) is 50.7 Å². The molecule has 0 aliphatic heterocycles. The first-order valence-corrected chi connectivity index (χ1v) is 31.3. The molecule has 0 aliphatic carbocycles. The van der Waals surface area contributed by atoms with E-state index < -0.39 is 12.3 Å². The topological polar surface area (TPSA) is 74.2 Å². The van der Waals surface area contributed by atoms with Crippen LogP contribution in [0.25, 0.3) is 0 Å². The number of rotatable bonds is 56. The van der Waals surface area contributed by atoms with Gasteiger partial charge in [-0.1, -0.05) is 259 Å². The van der Waals surface area contributed by atoms with Crippen LogP contribution < -0.4 is 4.74 Å². The summed E-state index contributed by atoms with van der Waals surface area (Å²) >= 11 is 0. The van der Waals surface area contributed by atoms with Gasteiger partial charge in [0.25, 0.3) is 6.29 Å². The van der Waals surface area contributed by atoms with Gasteiger partial charge in [-0.2, -0.15) is 0 Å². The Hall–Kier alpha value is -1.63. The molecule has 1 aromatic carbocycles. The number of ether oxygens (including phenoxy) is 4. The lowest BCUT2D eigenvalue weighted by atomic mass is 9.80. The molecular weight excluding hydrogens is 865 g/mol. The summed E-state index contributed by atoms with van der Waals surface area (Å²) in [4.78, 5) is 13.2. The molecule has 1 atom stereocenters. The van der Waals surface area contributed by atoms with Crippen LogP contribution in [0, 0.1) is 0 Å². The van der Waals surface area contributed by atoms with E-state index in [2.05, 4.69) is 34.6 Å². The number of carbonyl (C=O) groups is 1. The number of carboxylic acids is 1. The van der Waals surface area contributed by atoms with Gasteiger partial charge in [-0.15, -0.1) is 0 Å². The van der Waals surface area contributed by atoms with Gasteiger partial charge in [0.05, 0.1) is 26.4 Å². The lowest BCUT2D eigenvalue weighted by Gasteiger charge is -2.29. The third-order valence-corrected chi connectivity index (χ3v) is 14.9. The van der Waals surface area contributed by atoms with E-state index in [-0.39, 0.29) is 6.61 Å². The summed E-state index contributed by atoms with van der Waals surface area (Å²) < 4.78 is 24.4. The molecule has 412 valence electrons. The summed E-state index contributed by atoms with van der Waals surface area (Å²) in [6, 6.07) is 0. The lowest BCUT2D eigenvalue weighted by Crippen LogP contribution is -2.32. The molecule has 0 saturated carbocycles. The van der Waals surface area contributed by atoms with Crippen molar-refractivity contribution in [2.75, 3.05) is 33.0 Å². The van der Waals surface area contributed by atoms with Crippen LogP contribution >= 0.6 is 0 Å². The van der Waals surface area contributed by atoms with Crippen molar-refractivity contribution in [2.24, 2.45) is 0 Å². The van der Waals surface area contributed by atoms with E-state index in [1.807, 2.05) is 6.92 Å². The van der Waals surface area contributed by atoms with Crippen LogP contribution in [0.4, 0.5) is 0 Å². The zero-order valence-corrected chi connectivity index (χ0v) is 47.9. The molecule has 0 aromatic heterocycles. The molecule has 0 fully saturated rings. The maximum Gasteiger partial charge on any atom is 0.373 e. The van der Waals surface area contributed by atoms with Gasteiger partial charge >= 0.3 is 5.97 Å². The maximum absolute atomic E-state index is 13.2. The third kappa shape index (κ3) is 35.5. The normalized spacial score (nSPS) is 12.1. The minimum absolute atomic E-state index is 0.163. The fourth-order valence-electron chi connectivity index (χ4n) is 10.6. The van der Waals surface area contributed by atoms with Gasteiger partial charge in [0.1, 0.15) is 5.75 Å². The van der Waals surface area contributed by atoms with E-state index in [0.29, 0.717) is 26.4 Å². The van der Waals surface area contributed by atoms with Crippen molar-refractivity contribution < 1.29 is 28.8 Å². The first-order chi connectivity index (χ1) is 34.5. The van der Waals surface area contributed by atoms with Gasteiger partial charge in [0, 0.05) is 6.61 Å². The zero-order chi connectivity index (χ0) is 50.8. The van der Waals surface area contributed by atoms with Crippen LogP contribution in [0.2, 0.25) is 0 Å². The van der Waals surface area contributed by atoms with E-state index in [4.69, 9.17) is 18.9 Å². The van der Waals surface area contributed by atoms with Crippen LogP contribution in [0.3, 0.4) is 0 Å². The van der Waals surface area contributed by atoms with Gasteiger partial charge in [0.2, 0.25) is 0 Å². The Labute approximate surface area is 436 Å². The smallest absolute Gasteiger partial charge is 0.373 e. The fraction of sp³-hybridized carbons (Fsp3) is 0.891. The molecule has 0 bridgehead atoms. The lowest BCUT2D eigenvalue weighted by molar-refractivity contribution is -0.173. The zero-order valence-electron chi connectivity index (χ0n) is 47.9. The average Bonchev–Trinajstić information content (AvgIpc) is 3.36. The highest BCUT2D eigenvalue weighted by molar-refractivity contribution is 5.71. The van der Waals surface area contributed by atoms with Crippen molar-refractivity contribution in [2.45, 2.75) is 337 Å². The van der Waals surface area contributed by atoms with Crippen molar-refractivity contribution in [3.8, 4) is 5.75 Å². The van der Waals surface area contributed by atoms with E-state index in [1.165, 1.54) is 266 Å². The van der Waals surface area contributed by atoms with Gasteiger partial charge < -0.3 is 24.1 Å². The quantitative estimate of drug-likeness (QED) is 0.0518. The number of aliphatic carboxylic acids is 1. The highest BCUT2D eigenvalue weighted by Gasteiger charge is 2.29. The molecule has 1 unspecified atom stereocenters. The molecule has 1 rings (SSSR count). The fourth-order valence-corrected chi connectivity index (χ4v) is 10.6.